The maximum Gasteiger partial charge on any atom is 0.231 e. The van der Waals surface area contributed by atoms with Gasteiger partial charge in [0, 0.05) is 25.3 Å². The van der Waals surface area contributed by atoms with Crippen molar-refractivity contribution in [3.8, 4) is 17.2 Å². The molecule has 0 aromatic heterocycles. The number of methoxy groups -OCH3 is 1. The standard InChI is InChI=1S/C12H17NO4/c1-3-13-6-9-4-11-12(17-8-16-11)5-10(9)15-7-14-2/h4-5,13H,3,6-8H2,1-2H3. The van der Waals surface area contributed by atoms with E-state index in [9.17, 15) is 0 Å². The first-order valence-electron chi connectivity index (χ1n) is 5.60. The molecule has 0 unspecified atom stereocenters. The van der Waals surface area contributed by atoms with Crippen LogP contribution in [0.3, 0.4) is 0 Å². The first-order chi connectivity index (χ1) is 8.35. The molecule has 0 spiro atoms. The van der Waals surface area contributed by atoms with Gasteiger partial charge >= 0.3 is 0 Å². The molecule has 0 amide bonds. The second kappa shape index (κ2) is 5.75. The molecule has 2 rings (SSSR count). The SMILES string of the molecule is CCNCc1cc2c(cc1OCOC)OCO2. The van der Waals surface area contributed by atoms with Crippen molar-refractivity contribution >= 4 is 0 Å². The molecular formula is C12H17NO4. The van der Waals surface area contributed by atoms with E-state index in [1.165, 1.54) is 0 Å². The van der Waals surface area contributed by atoms with Crippen LogP contribution in [0.2, 0.25) is 0 Å². The molecule has 0 fully saturated rings. The molecule has 1 heterocycles. The summed E-state index contributed by atoms with van der Waals surface area (Å²) in [5, 5.41) is 3.26. The van der Waals surface area contributed by atoms with Gasteiger partial charge in [0.1, 0.15) is 5.75 Å². The van der Waals surface area contributed by atoms with Gasteiger partial charge < -0.3 is 24.3 Å². The Hall–Kier alpha value is -1.46. The van der Waals surface area contributed by atoms with E-state index in [4.69, 9.17) is 18.9 Å². The lowest BCUT2D eigenvalue weighted by Gasteiger charge is -2.12. The largest absolute Gasteiger partial charge is 0.467 e. The van der Waals surface area contributed by atoms with E-state index in [2.05, 4.69) is 12.2 Å². The topological polar surface area (TPSA) is 49.0 Å². The quantitative estimate of drug-likeness (QED) is 0.762. The fraction of sp³-hybridized carbons (Fsp3) is 0.500. The second-order valence-corrected chi connectivity index (χ2v) is 3.64. The first kappa shape index (κ1) is 12.0. The third-order valence-corrected chi connectivity index (χ3v) is 2.45. The molecule has 1 aromatic rings. The number of hydrogen-bond acceptors (Lipinski definition) is 5. The fourth-order valence-electron chi connectivity index (χ4n) is 1.62. The molecule has 0 atom stereocenters. The Morgan fingerprint density at radius 2 is 2.06 bits per heavy atom. The monoisotopic (exact) mass is 239 g/mol. The van der Waals surface area contributed by atoms with E-state index >= 15 is 0 Å². The summed E-state index contributed by atoms with van der Waals surface area (Å²) >= 11 is 0. The summed E-state index contributed by atoms with van der Waals surface area (Å²) in [7, 11) is 1.59. The Balaban J connectivity index is 2.19. The highest BCUT2D eigenvalue weighted by atomic mass is 16.7. The van der Waals surface area contributed by atoms with Crippen LogP contribution in [0, 0.1) is 0 Å². The Morgan fingerprint density at radius 1 is 1.29 bits per heavy atom. The highest BCUT2D eigenvalue weighted by Crippen LogP contribution is 2.38. The minimum Gasteiger partial charge on any atom is -0.467 e. The van der Waals surface area contributed by atoms with E-state index in [0.29, 0.717) is 0 Å². The lowest BCUT2D eigenvalue weighted by Crippen LogP contribution is -2.13. The molecule has 1 aliphatic heterocycles. The van der Waals surface area contributed by atoms with Gasteiger partial charge in [-0.25, -0.2) is 0 Å². The van der Waals surface area contributed by atoms with Crippen molar-refractivity contribution < 1.29 is 18.9 Å². The van der Waals surface area contributed by atoms with E-state index < -0.39 is 0 Å². The van der Waals surface area contributed by atoms with Crippen molar-refractivity contribution in [1.29, 1.82) is 0 Å². The van der Waals surface area contributed by atoms with Crippen LogP contribution >= 0.6 is 0 Å². The van der Waals surface area contributed by atoms with E-state index in [-0.39, 0.29) is 13.6 Å². The number of ether oxygens (including phenoxy) is 4. The third-order valence-electron chi connectivity index (χ3n) is 2.45. The predicted octanol–water partition coefficient (Wildman–Crippen LogP) is 1.51. The normalized spacial score (nSPS) is 12.8. The average molecular weight is 239 g/mol. The summed E-state index contributed by atoms with van der Waals surface area (Å²) in [6, 6.07) is 3.78. The molecular weight excluding hydrogens is 222 g/mol. The molecule has 17 heavy (non-hydrogen) atoms. The van der Waals surface area contributed by atoms with Gasteiger partial charge in [0.25, 0.3) is 0 Å². The van der Waals surface area contributed by atoms with Crippen LogP contribution in [0.1, 0.15) is 12.5 Å². The van der Waals surface area contributed by atoms with Crippen molar-refractivity contribution in [2.24, 2.45) is 0 Å². The van der Waals surface area contributed by atoms with Gasteiger partial charge in [0.05, 0.1) is 0 Å². The summed E-state index contributed by atoms with van der Waals surface area (Å²) in [6.07, 6.45) is 0. The summed E-state index contributed by atoms with van der Waals surface area (Å²) in [5.74, 6) is 2.25. The molecule has 0 saturated heterocycles. The van der Waals surface area contributed by atoms with Crippen molar-refractivity contribution in [3.63, 3.8) is 0 Å². The molecule has 1 aromatic carbocycles. The molecule has 94 valence electrons. The lowest BCUT2D eigenvalue weighted by atomic mass is 10.1. The number of nitrogens with one attached hydrogen (secondary N) is 1. The predicted molar refractivity (Wildman–Crippen MR) is 62.4 cm³/mol. The van der Waals surface area contributed by atoms with Gasteiger partial charge in [-0.2, -0.15) is 0 Å². The number of benzene rings is 1. The molecule has 1 N–H and O–H groups in total. The molecule has 5 nitrogen and oxygen atoms in total. The second-order valence-electron chi connectivity index (χ2n) is 3.64. The third kappa shape index (κ3) is 2.81. The first-order valence-corrected chi connectivity index (χ1v) is 5.60. The smallest absolute Gasteiger partial charge is 0.231 e. The zero-order valence-electron chi connectivity index (χ0n) is 10.1. The van der Waals surface area contributed by atoms with Crippen molar-refractivity contribution in [3.05, 3.63) is 17.7 Å². The summed E-state index contributed by atoms with van der Waals surface area (Å²) in [6.45, 7) is 4.18. The van der Waals surface area contributed by atoms with Crippen LogP contribution in [-0.2, 0) is 11.3 Å². The maximum atomic E-state index is 5.51. The van der Waals surface area contributed by atoms with Gasteiger partial charge in [-0.3, -0.25) is 0 Å². The van der Waals surface area contributed by atoms with E-state index in [0.717, 1.165) is 35.9 Å². The zero-order chi connectivity index (χ0) is 12.1. The van der Waals surface area contributed by atoms with Crippen LogP contribution in [0.4, 0.5) is 0 Å². The highest BCUT2D eigenvalue weighted by Gasteiger charge is 2.17. The van der Waals surface area contributed by atoms with Gasteiger partial charge in [-0.1, -0.05) is 6.92 Å². The van der Waals surface area contributed by atoms with E-state index in [1.807, 2.05) is 12.1 Å². The van der Waals surface area contributed by atoms with Crippen LogP contribution in [-0.4, -0.2) is 27.2 Å². The number of hydrogen-bond donors (Lipinski definition) is 1. The lowest BCUT2D eigenvalue weighted by molar-refractivity contribution is 0.0502. The summed E-state index contributed by atoms with van der Waals surface area (Å²) < 4.78 is 21.1. The number of rotatable bonds is 6. The van der Waals surface area contributed by atoms with Crippen molar-refractivity contribution in [1.82, 2.24) is 5.32 Å². The van der Waals surface area contributed by atoms with Crippen LogP contribution in [0.5, 0.6) is 17.2 Å². The Morgan fingerprint density at radius 3 is 2.76 bits per heavy atom. The molecule has 0 radical (unpaired) electrons. The van der Waals surface area contributed by atoms with Gasteiger partial charge in [-0.15, -0.1) is 0 Å². The molecule has 1 aliphatic rings. The average Bonchev–Trinajstić information content (AvgIpc) is 2.80. The van der Waals surface area contributed by atoms with Gasteiger partial charge in [0.2, 0.25) is 6.79 Å². The van der Waals surface area contributed by atoms with Crippen LogP contribution < -0.4 is 19.5 Å². The van der Waals surface area contributed by atoms with Crippen LogP contribution in [0.15, 0.2) is 12.1 Å². The van der Waals surface area contributed by atoms with Gasteiger partial charge in [-0.05, 0) is 12.6 Å². The molecule has 5 heteroatoms. The Bertz CT molecular complexity index is 346. The molecule has 0 bridgehead atoms. The summed E-state index contributed by atoms with van der Waals surface area (Å²) in [4.78, 5) is 0. The zero-order valence-corrected chi connectivity index (χ0v) is 10.1. The minimum atomic E-state index is 0.221. The number of fused-ring (bicyclic) bond motifs is 1. The Kier molecular flexibility index (Phi) is 4.06. The van der Waals surface area contributed by atoms with Crippen molar-refractivity contribution in [2.45, 2.75) is 13.5 Å². The summed E-state index contributed by atoms with van der Waals surface area (Å²) in [5.41, 5.74) is 1.04. The van der Waals surface area contributed by atoms with Crippen molar-refractivity contribution in [2.75, 3.05) is 27.2 Å². The van der Waals surface area contributed by atoms with Crippen LogP contribution in [0.25, 0.3) is 0 Å². The molecule has 0 aliphatic carbocycles. The van der Waals surface area contributed by atoms with Gasteiger partial charge in [0.15, 0.2) is 18.3 Å². The highest BCUT2D eigenvalue weighted by molar-refractivity contribution is 5.51. The fourth-order valence-corrected chi connectivity index (χ4v) is 1.62. The molecule has 0 saturated carbocycles. The maximum absolute atomic E-state index is 5.51. The minimum absolute atomic E-state index is 0.221. The van der Waals surface area contributed by atoms with E-state index in [1.54, 1.807) is 7.11 Å². The Labute approximate surface area is 101 Å².